The van der Waals surface area contributed by atoms with Crippen LogP contribution in [0.15, 0.2) is 48.5 Å². The number of nitrogens with zero attached hydrogens (tertiary/aromatic N) is 1. The molecule has 0 saturated heterocycles. The summed E-state index contributed by atoms with van der Waals surface area (Å²) in [6.45, 7) is 0. The van der Waals surface area contributed by atoms with Gasteiger partial charge in [0.15, 0.2) is 0 Å². The van der Waals surface area contributed by atoms with E-state index in [0.29, 0.717) is 0 Å². The van der Waals surface area contributed by atoms with Crippen LogP contribution in [0.4, 0.5) is 0 Å². The van der Waals surface area contributed by atoms with Gasteiger partial charge in [0.05, 0.1) is 12.6 Å². The van der Waals surface area contributed by atoms with Gasteiger partial charge < -0.3 is 4.74 Å². The van der Waals surface area contributed by atoms with Crippen LogP contribution >= 0.6 is 0 Å². The normalized spacial score (nSPS) is 9.95. The first-order chi connectivity index (χ1) is 9.36. The van der Waals surface area contributed by atoms with Crippen LogP contribution in [0.3, 0.4) is 0 Å². The fourth-order valence-electron chi connectivity index (χ4n) is 1.87. The molecular weight excluding hydrogens is 236 g/mol. The highest BCUT2D eigenvalue weighted by Gasteiger charge is 2.04. The van der Waals surface area contributed by atoms with E-state index in [2.05, 4.69) is 22.0 Å². The van der Waals surface area contributed by atoms with Gasteiger partial charge in [0.25, 0.3) is 0 Å². The van der Waals surface area contributed by atoms with Crippen LogP contribution in [-0.4, -0.2) is 17.3 Å². The number of aromatic nitrogens is 2. The summed E-state index contributed by atoms with van der Waals surface area (Å²) >= 11 is 0. The number of H-pyrrole nitrogens is 1. The van der Waals surface area contributed by atoms with Gasteiger partial charge in [-0.15, -0.1) is 0 Å². The highest BCUT2D eigenvalue weighted by atomic mass is 16.5. The maximum absolute atomic E-state index is 5.22. The Morgan fingerprint density at radius 2 is 1.89 bits per heavy atom. The minimum Gasteiger partial charge on any atom is -0.497 e. The standard InChI is InChI=1S/C16H12N2O/c1-19-13-8-10-16-14(11-13)15(17-18-16)9-7-12-5-3-2-4-6-12/h2-6,8,10-11H,1H3,(H,17,18). The van der Waals surface area contributed by atoms with Crippen molar-refractivity contribution in [2.45, 2.75) is 0 Å². The Morgan fingerprint density at radius 3 is 2.68 bits per heavy atom. The average molecular weight is 248 g/mol. The van der Waals surface area contributed by atoms with Crippen LogP contribution in [0, 0.1) is 11.8 Å². The lowest BCUT2D eigenvalue weighted by Crippen LogP contribution is -1.82. The van der Waals surface area contributed by atoms with Crippen LogP contribution in [-0.2, 0) is 0 Å². The fraction of sp³-hybridized carbons (Fsp3) is 0.0625. The molecule has 0 aliphatic carbocycles. The van der Waals surface area contributed by atoms with Crippen molar-refractivity contribution in [2.24, 2.45) is 0 Å². The van der Waals surface area contributed by atoms with E-state index in [0.717, 1.165) is 27.9 Å². The SMILES string of the molecule is COc1ccc2n[nH]c(C#Cc3ccccc3)c2c1. The number of rotatable bonds is 1. The molecule has 3 nitrogen and oxygen atoms in total. The van der Waals surface area contributed by atoms with Gasteiger partial charge in [-0.1, -0.05) is 24.1 Å². The van der Waals surface area contributed by atoms with Gasteiger partial charge in [0.2, 0.25) is 0 Å². The molecule has 2 aromatic carbocycles. The van der Waals surface area contributed by atoms with Crippen molar-refractivity contribution in [3.05, 3.63) is 59.8 Å². The second-order valence-corrected chi connectivity index (χ2v) is 4.10. The Kier molecular flexibility index (Phi) is 2.91. The Balaban J connectivity index is 2.04. The summed E-state index contributed by atoms with van der Waals surface area (Å²) in [5.74, 6) is 7.03. The highest BCUT2D eigenvalue weighted by Crippen LogP contribution is 2.21. The zero-order valence-corrected chi connectivity index (χ0v) is 10.5. The molecule has 0 bridgehead atoms. The van der Waals surface area contributed by atoms with Gasteiger partial charge in [0.1, 0.15) is 11.4 Å². The second kappa shape index (κ2) is 4.87. The summed E-state index contributed by atoms with van der Waals surface area (Å²) in [5.41, 5.74) is 2.67. The number of aromatic amines is 1. The lowest BCUT2D eigenvalue weighted by molar-refractivity contribution is 0.415. The molecule has 0 unspecified atom stereocenters. The molecule has 3 heteroatoms. The first-order valence-electron chi connectivity index (χ1n) is 5.96. The van der Waals surface area contributed by atoms with E-state index in [1.165, 1.54) is 0 Å². The first kappa shape index (κ1) is 11.4. The number of methoxy groups -OCH3 is 1. The largest absolute Gasteiger partial charge is 0.497 e. The predicted molar refractivity (Wildman–Crippen MR) is 75.1 cm³/mol. The van der Waals surface area contributed by atoms with Crippen molar-refractivity contribution in [1.29, 1.82) is 0 Å². The van der Waals surface area contributed by atoms with Crippen LogP contribution in [0.2, 0.25) is 0 Å². The summed E-state index contributed by atoms with van der Waals surface area (Å²) in [5, 5.41) is 8.15. The Labute approximate surface area is 111 Å². The second-order valence-electron chi connectivity index (χ2n) is 4.10. The van der Waals surface area contributed by atoms with Crippen molar-refractivity contribution >= 4 is 10.9 Å². The van der Waals surface area contributed by atoms with Crippen LogP contribution in [0.5, 0.6) is 5.75 Å². The zero-order valence-electron chi connectivity index (χ0n) is 10.5. The summed E-state index contributed by atoms with van der Waals surface area (Å²) < 4.78 is 5.22. The minimum atomic E-state index is 0.802. The minimum absolute atomic E-state index is 0.802. The van der Waals surface area contributed by atoms with Crippen molar-refractivity contribution < 1.29 is 4.74 Å². The Hall–Kier alpha value is -2.73. The summed E-state index contributed by atoms with van der Waals surface area (Å²) in [4.78, 5) is 0. The lowest BCUT2D eigenvalue weighted by Gasteiger charge is -1.97. The summed E-state index contributed by atoms with van der Waals surface area (Å²) in [6, 6.07) is 15.6. The Morgan fingerprint density at radius 1 is 1.05 bits per heavy atom. The first-order valence-corrected chi connectivity index (χ1v) is 5.96. The van der Waals surface area contributed by atoms with Gasteiger partial charge in [-0.3, -0.25) is 5.10 Å². The molecule has 0 saturated carbocycles. The molecule has 92 valence electrons. The molecular formula is C16H12N2O. The molecule has 1 aromatic heterocycles. The van der Waals surface area contributed by atoms with Crippen molar-refractivity contribution in [3.63, 3.8) is 0 Å². The van der Waals surface area contributed by atoms with Crippen LogP contribution in [0.1, 0.15) is 11.3 Å². The van der Waals surface area contributed by atoms with E-state index < -0.39 is 0 Å². The summed E-state index contributed by atoms with van der Waals surface area (Å²) in [7, 11) is 1.65. The number of hydrogen-bond donors (Lipinski definition) is 1. The molecule has 19 heavy (non-hydrogen) atoms. The molecule has 0 radical (unpaired) electrons. The maximum atomic E-state index is 5.22. The highest BCUT2D eigenvalue weighted by molar-refractivity contribution is 5.85. The molecule has 0 spiro atoms. The van der Waals surface area contributed by atoms with Crippen LogP contribution < -0.4 is 4.74 Å². The molecule has 0 aliphatic heterocycles. The van der Waals surface area contributed by atoms with E-state index in [1.807, 2.05) is 48.5 Å². The molecule has 1 heterocycles. The smallest absolute Gasteiger partial charge is 0.119 e. The molecule has 0 fully saturated rings. The third-order valence-corrected chi connectivity index (χ3v) is 2.87. The molecule has 0 amide bonds. The maximum Gasteiger partial charge on any atom is 0.119 e. The van der Waals surface area contributed by atoms with Gasteiger partial charge in [-0.05, 0) is 36.3 Å². The third kappa shape index (κ3) is 2.29. The average Bonchev–Trinajstić information content (AvgIpc) is 2.88. The molecule has 0 aliphatic rings. The van der Waals surface area contributed by atoms with Crippen molar-refractivity contribution in [2.75, 3.05) is 7.11 Å². The zero-order chi connectivity index (χ0) is 13.1. The number of nitrogens with one attached hydrogen (secondary N) is 1. The number of fused-ring (bicyclic) bond motifs is 1. The summed E-state index contributed by atoms with van der Waals surface area (Å²) in [6.07, 6.45) is 0. The fourth-order valence-corrected chi connectivity index (χ4v) is 1.87. The number of hydrogen-bond acceptors (Lipinski definition) is 2. The molecule has 3 aromatic rings. The third-order valence-electron chi connectivity index (χ3n) is 2.87. The molecule has 3 rings (SSSR count). The quantitative estimate of drug-likeness (QED) is 0.672. The molecule has 1 N–H and O–H groups in total. The number of benzene rings is 2. The number of ether oxygens (including phenoxy) is 1. The van der Waals surface area contributed by atoms with E-state index in [1.54, 1.807) is 7.11 Å². The topological polar surface area (TPSA) is 37.9 Å². The van der Waals surface area contributed by atoms with E-state index in [9.17, 15) is 0 Å². The van der Waals surface area contributed by atoms with Gasteiger partial charge >= 0.3 is 0 Å². The Bertz CT molecular complexity index is 764. The van der Waals surface area contributed by atoms with E-state index in [-0.39, 0.29) is 0 Å². The monoisotopic (exact) mass is 248 g/mol. The van der Waals surface area contributed by atoms with Gasteiger partial charge in [-0.2, -0.15) is 5.10 Å². The van der Waals surface area contributed by atoms with Crippen LogP contribution in [0.25, 0.3) is 10.9 Å². The van der Waals surface area contributed by atoms with E-state index in [4.69, 9.17) is 4.74 Å². The van der Waals surface area contributed by atoms with Crippen molar-refractivity contribution in [3.8, 4) is 17.6 Å². The predicted octanol–water partition coefficient (Wildman–Crippen LogP) is 2.97. The van der Waals surface area contributed by atoms with Gasteiger partial charge in [-0.25, -0.2) is 0 Å². The van der Waals surface area contributed by atoms with Crippen molar-refractivity contribution in [1.82, 2.24) is 10.2 Å². The van der Waals surface area contributed by atoms with E-state index >= 15 is 0 Å². The lowest BCUT2D eigenvalue weighted by atomic mass is 10.2. The van der Waals surface area contributed by atoms with Gasteiger partial charge in [0, 0.05) is 10.9 Å². The molecule has 0 atom stereocenters.